The van der Waals surface area contributed by atoms with Crippen LogP contribution in [0.4, 0.5) is 10.1 Å². The predicted molar refractivity (Wildman–Crippen MR) is 106 cm³/mol. The van der Waals surface area contributed by atoms with Crippen molar-refractivity contribution in [2.24, 2.45) is 0 Å². The summed E-state index contributed by atoms with van der Waals surface area (Å²) < 4.78 is 14.6. The molecule has 1 amide bonds. The van der Waals surface area contributed by atoms with E-state index in [0.717, 1.165) is 11.1 Å². The predicted octanol–water partition coefficient (Wildman–Crippen LogP) is 4.09. The number of halogens is 1. The van der Waals surface area contributed by atoms with Gasteiger partial charge in [0.2, 0.25) is 0 Å². The van der Waals surface area contributed by atoms with E-state index in [1.54, 1.807) is 54.9 Å². The van der Waals surface area contributed by atoms with Gasteiger partial charge >= 0.3 is 5.69 Å². The molecule has 1 atom stereocenters. The number of benzene rings is 2. The molecule has 3 aromatic rings. The van der Waals surface area contributed by atoms with Crippen molar-refractivity contribution in [3.8, 4) is 0 Å². The molecule has 29 heavy (non-hydrogen) atoms. The fourth-order valence-electron chi connectivity index (χ4n) is 3.15. The molecule has 0 bridgehead atoms. The summed E-state index contributed by atoms with van der Waals surface area (Å²) in [5.41, 5.74) is 3.05. The van der Waals surface area contributed by atoms with Gasteiger partial charge in [0.05, 0.1) is 17.5 Å². The van der Waals surface area contributed by atoms with Crippen LogP contribution in [0.15, 0.2) is 48.5 Å². The summed E-state index contributed by atoms with van der Waals surface area (Å²) in [5.74, 6) is -0.564. The molecule has 0 radical (unpaired) electrons. The Morgan fingerprint density at radius 2 is 1.79 bits per heavy atom. The van der Waals surface area contributed by atoms with Crippen molar-refractivity contribution in [1.82, 2.24) is 15.1 Å². The molecule has 0 saturated carbocycles. The highest BCUT2D eigenvalue weighted by Crippen LogP contribution is 2.22. The van der Waals surface area contributed by atoms with E-state index in [1.165, 1.54) is 12.1 Å². The minimum absolute atomic E-state index is 0.0239. The third-order valence-corrected chi connectivity index (χ3v) is 4.79. The Kier molecular flexibility index (Phi) is 5.72. The highest BCUT2D eigenvalue weighted by atomic mass is 19.1. The van der Waals surface area contributed by atoms with E-state index in [0.29, 0.717) is 23.5 Å². The van der Waals surface area contributed by atoms with Crippen molar-refractivity contribution < 1.29 is 14.1 Å². The molecule has 0 aliphatic carbocycles. The number of aryl methyl sites for hydroxylation is 1. The number of amides is 1. The smallest absolute Gasteiger partial charge is 0.312 e. The maximum absolute atomic E-state index is 13.0. The normalized spacial score (nSPS) is 11.9. The first kappa shape index (κ1) is 20.2. The molecule has 0 aliphatic heterocycles. The van der Waals surface area contributed by atoms with Crippen LogP contribution in [-0.2, 0) is 6.54 Å². The molecule has 1 aromatic heterocycles. The van der Waals surface area contributed by atoms with Crippen LogP contribution in [-0.4, -0.2) is 20.6 Å². The lowest BCUT2D eigenvalue weighted by molar-refractivity contribution is -0.386. The van der Waals surface area contributed by atoms with Crippen LogP contribution in [0.3, 0.4) is 0 Å². The molecular weight excluding hydrogens is 375 g/mol. The molecule has 0 aliphatic rings. The zero-order valence-corrected chi connectivity index (χ0v) is 16.3. The van der Waals surface area contributed by atoms with Crippen molar-refractivity contribution in [2.45, 2.75) is 33.4 Å². The topological polar surface area (TPSA) is 90.1 Å². The number of nitrogens with one attached hydrogen (secondary N) is 1. The van der Waals surface area contributed by atoms with Gasteiger partial charge in [-0.25, -0.2) is 4.39 Å². The lowest BCUT2D eigenvalue weighted by Gasteiger charge is -2.14. The molecular formula is C21H21FN4O3. The minimum Gasteiger partial charge on any atom is -0.346 e. The van der Waals surface area contributed by atoms with Crippen LogP contribution in [0.5, 0.6) is 0 Å². The van der Waals surface area contributed by atoms with Gasteiger partial charge < -0.3 is 5.32 Å². The van der Waals surface area contributed by atoms with Gasteiger partial charge in [0.1, 0.15) is 17.2 Å². The van der Waals surface area contributed by atoms with E-state index in [4.69, 9.17) is 0 Å². The molecule has 0 fully saturated rings. The van der Waals surface area contributed by atoms with Crippen molar-refractivity contribution in [2.75, 3.05) is 0 Å². The van der Waals surface area contributed by atoms with E-state index in [1.807, 2.05) is 6.92 Å². The van der Waals surface area contributed by atoms with Crippen molar-refractivity contribution in [3.63, 3.8) is 0 Å². The summed E-state index contributed by atoms with van der Waals surface area (Å²) in [4.78, 5) is 23.2. The van der Waals surface area contributed by atoms with E-state index >= 15 is 0 Å². The van der Waals surface area contributed by atoms with Crippen LogP contribution in [0.2, 0.25) is 0 Å². The maximum Gasteiger partial charge on any atom is 0.312 e. The van der Waals surface area contributed by atoms with Gasteiger partial charge in [0.25, 0.3) is 5.91 Å². The molecule has 2 aromatic carbocycles. The van der Waals surface area contributed by atoms with Crippen molar-refractivity contribution in [1.29, 1.82) is 0 Å². The summed E-state index contributed by atoms with van der Waals surface area (Å²) in [6.45, 7) is 5.47. The number of hydrogen-bond donors (Lipinski definition) is 1. The Labute approximate surface area is 167 Å². The quantitative estimate of drug-likeness (QED) is 0.502. The lowest BCUT2D eigenvalue weighted by atomic mass is 10.1. The minimum atomic E-state index is -0.427. The summed E-state index contributed by atoms with van der Waals surface area (Å²) in [6, 6.07) is 12.7. The maximum atomic E-state index is 13.0. The SMILES string of the molecule is Cc1nn(Cc2ccc(C(=O)NC(C)c3ccc(F)cc3)cc2)c(C)c1[N+](=O)[O-]. The first-order valence-electron chi connectivity index (χ1n) is 9.10. The average Bonchev–Trinajstić information content (AvgIpc) is 2.96. The number of rotatable bonds is 6. The molecule has 1 unspecified atom stereocenters. The second-order valence-corrected chi connectivity index (χ2v) is 6.88. The number of carbonyl (C=O) groups is 1. The van der Waals surface area contributed by atoms with Gasteiger partial charge in [-0.1, -0.05) is 24.3 Å². The van der Waals surface area contributed by atoms with E-state index in [9.17, 15) is 19.3 Å². The zero-order chi connectivity index (χ0) is 21.1. The van der Waals surface area contributed by atoms with Gasteiger partial charge in [-0.2, -0.15) is 5.10 Å². The van der Waals surface area contributed by atoms with Gasteiger partial charge in [0, 0.05) is 5.56 Å². The lowest BCUT2D eigenvalue weighted by Crippen LogP contribution is -2.26. The van der Waals surface area contributed by atoms with Gasteiger partial charge in [0.15, 0.2) is 0 Å². The molecule has 1 heterocycles. The molecule has 7 nitrogen and oxygen atoms in total. The molecule has 8 heteroatoms. The molecule has 1 N–H and O–H groups in total. The standard InChI is InChI=1S/C21H21FN4O3/c1-13(17-8-10-19(22)11-9-17)23-21(27)18-6-4-16(5-7-18)12-25-15(3)20(26(28)29)14(2)24-25/h4-11,13H,12H2,1-3H3,(H,23,27). The van der Waals surface area contributed by atoms with Gasteiger partial charge in [-0.15, -0.1) is 0 Å². The number of nitro groups is 1. The van der Waals surface area contributed by atoms with E-state index in [-0.39, 0.29) is 23.5 Å². The van der Waals surface area contributed by atoms with Crippen LogP contribution in [0.25, 0.3) is 0 Å². The number of nitrogens with zero attached hydrogens (tertiary/aromatic N) is 3. The van der Waals surface area contributed by atoms with Crippen LogP contribution in [0, 0.1) is 29.8 Å². The monoisotopic (exact) mass is 396 g/mol. The summed E-state index contributed by atoms with van der Waals surface area (Å²) in [7, 11) is 0. The molecule has 0 saturated heterocycles. The first-order valence-corrected chi connectivity index (χ1v) is 9.10. The van der Waals surface area contributed by atoms with E-state index in [2.05, 4.69) is 10.4 Å². The molecule has 150 valence electrons. The largest absolute Gasteiger partial charge is 0.346 e. The number of carbonyl (C=O) groups excluding carboxylic acids is 1. The second-order valence-electron chi connectivity index (χ2n) is 6.88. The molecule has 0 spiro atoms. The van der Waals surface area contributed by atoms with Crippen LogP contribution >= 0.6 is 0 Å². The Bertz CT molecular complexity index is 1040. The Hall–Kier alpha value is -3.55. The van der Waals surface area contributed by atoms with Crippen LogP contribution < -0.4 is 5.32 Å². The summed E-state index contributed by atoms with van der Waals surface area (Å²) in [5, 5.41) is 18.2. The third-order valence-electron chi connectivity index (χ3n) is 4.79. The fourth-order valence-corrected chi connectivity index (χ4v) is 3.15. The first-order chi connectivity index (χ1) is 13.8. The third kappa shape index (κ3) is 4.48. The molecule has 3 rings (SSSR count). The fraction of sp³-hybridized carbons (Fsp3) is 0.238. The van der Waals surface area contributed by atoms with Gasteiger partial charge in [-0.3, -0.25) is 19.6 Å². The highest BCUT2D eigenvalue weighted by molar-refractivity contribution is 5.94. The Balaban J connectivity index is 1.68. The van der Waals surface area contributed by atoms with E-state index < -0.39 is 4.92 Å². The number of hydrogen-bond acceptors (Lipinski definition) is 4. The zero-order valence-electron chi connectivity index (χ0n) is 16.3. The van der Waals surface area contributed by atoms with Crippen molar-refractivity contribution in [3.05, 3.63) is 92.5 Å². The van der Waals surface area contributed by atoms with Gasteiger partial charge in [-0.05, 0) is 56.2 Å². The number of aromatic nitrogens is 2. The average molecular weight is 396 g/mol. The Morgan fingerprint density at radius 3 is 2.34 bits per heavy atom. The second kappa shape index (κ2) is 8.22. The highest BCUT2D eigenvalue weighted by Gasteiger charge is 2.21. The summed E-state index contributed by atoms with van der Waals surface area (Å²) in [6.07, 6.45) is 0. The van der Waals surface area contributed by atoms with Crippen LogP contribution in [0.1, 0.15) is 45.8 Å². The Morgan fingerprint density at radius 1 is 1.17 bits per heavy atom. The summed E-state index contributed by atoms with van der Waals surface area (Å²) >= 11 is 0. The van der Waals surface area contributed by atoms with Crippen molar-refractivity contribution >= 4 is 11.6 Å².